The summed E-state index contributed by atoms with van der Waals surface area (Å²) >= 11 is 0. The summed E-state index contributed by atoms with van der Waals surface area (Å²) in [5.41, 5.74) is 1.17. The predicted molar refractivity (Wildman–Crippen MR) is 58.6 cm³/mol. The summed E-state index contributed by atoms with van der Waals surface area (Å²) in [6.07, 6.45) is 4.27. The number of aromatic nitrogens is 2. The van der Waals surface area contributed by atoms with Crippen LogP contribution in [0.2, 0.25) is 0 Å². The SMILES string of the molecule is Cc1ncc(CNCC2CCOCC2)[nH]1. The summed E-state index contributed by atoms with van der Waals surface area (Å²) < 4.78 is 5.32. The second-order valence-electron chi connectivity index (χ2n) is 4.18. The fourth-order valence-electron chi connectivity index (χ4n) is 1.92. The number of nitrogens with zero attached hydrogens (tertiary/aromatic N) is 1. The molecule has 15 heavy (non-hydrogen) atoms. The van der Waals surface area contributed by atoms with Crippen molar-refractivity contribution in [2.45, 2.75) is 26.3 Å². The topological polar surface area (TPSA) is 49.9 Å². The van der Waals surface area contributed by atoms with E-state index in [-0.39, 0.29) is 0 Å². The summed E-state index contributed by atoms with van der Waals surface area (Å²) in [5, 5.41) is 3.46. The van der Waals surface area contributed by atoms with E-state index in [9.17, 15) is 0 Å². The number of aryl methyl sites for hydroxylation is 1. The molecule has 1 saturated heterocycles. The zero-order valence-electron chi connectivity index (χ0n) is 9.25. The summed E-state index contributed by atoms with van der Waals surface area (Å²) in [5.74, 6) is 1.76. The fourth-order valence-corrected chi connectivity index (χ4v) is 1.92. The van der Waals surface area contributed by atoms with E-state index in [0.717, 1.165) is 38.0 Å². The Morgan fingerprint density at radius 3 is 3.00 bits per heavy atom. The van der Waals surface area contributed by atoms with Gasteiger partial charge in [-0.2, -0.15) is 0 Å². The van der Waals surface area contributed by atoms with E-state index in [0.29, 0.717) is 0 Å². The summed E-state index contributed by atoms with van der Waals surface area (Å²) in [6.45, 7) is 5.80. The zero-order valence-corrected chi connectivity index (χ0v) is 9.25. The lowest BCUT2D eigenvalue weighted by molar-refractivity contribution is 0.0662. The van der Waals surface area contributed by atoms with Crippen LogP contribution in [0.5, 0.6) is 0 Å². The van der Waals surface area contributed by atoms with Gasteiger partial charge in [0.25, 0.3) is 0 Å². The monoisotopic (exact) mass is 209 g/mol. The molecule has 0 spiro atoms. The van der Waals surface area contributed by atoms with E-state index in [1.807, 2.05) is 13.1 Å². The molecule has 1 aromatic rings. The predicted octanol–water partition coefficient (Wildman–Crippen LogP) is 1.23. The minimum absolute atomic E-state index is 0.780. The van der Waals surface area contributed by atoms with Crippen molar-refractivity contribution in [1.82, 2.24) is 15.3 Å². The van der Waals surface area contributed by atoms with Crippen molar-refractivity contribution < 1.29 is 4.74 Å². The third-order valence-electron chi connectivity index (χ3n) is 2.84. The molecule has 0 aliphatic carbocycles. The molecular formula is C11H19N3O. The van der Waals surface area contributed by atoms with E-state index in [4.69, 9.17) is 4.74 Å². The van der Waals surface area contributed by atoms with E-state index in [1.165, 1.54) is 18.5 Å². The standard InChI is InChI=1S/C11H19N3O/c1-9-13-8-11(14-9)7-12-6-10-2-4-15-5-3-10/h8,10,12H,2-7H2,1H3,(H,13,14). The highest BCUT2D eigenvalue weighted by molar-refractivity contribution is 4.99. The number of hydrogen-bond donors (Lipinski definition) is 2. The minimum Gasteiger partial charge on any atom is -0.381 e. The van der Waals surface area contributed by atoms with E-state index >= 15 is 0 Å². The zero-order chi connectivity index (χ0) is 10.5. The molecule has 2 heterocycles. The highest BCUT2D eigenvalue weighted by atomic mass is 16.5. The smallest absolute Gasteiger partial charge is 0.103 e. The Kier molecular flexibility index (Phi) is 3.75. The van der Waals surface area contributed by atoms with Gasteiger partial charge >= 0.3 is 0 Å². The third kappa shape index (κ3) is 3.32. The van der Waals surface area contributed by atoms with E-state index < -0.39 is 0 Å². The normalized spacial score (nSPS) is 18.2. The molecule has 2 rings (SSSR count). The van der Waals surface area contributed by atoms with Gasteiger partial charge in [0, 0.05) is 31.6 Å². The van der Waals surface area contributed by atoms with Crippen molar-refractivity contribution in [3.05, 3.63) is 17.7 Å². The van der Waals surface area contributed by atoms with Crippen molar-refractivity contribution in [1.29, 1.82) is 0 Å². The Morgan fingerprint density at radius 2 is 2.33 bits per heavy atom. The second-order valence-corrected chi connectivity index (χ2v) is 4.18. The number of imidazole rings is 1. The summed E-state index contributed by atoms with van der Waals surface area (Å²) in [6, 6.07) is 0. The van der Waals surface area contributed by atoms with Crippen molar-refractivity contribution >= 4 is 0 Å². The number of H-pyrrole nitrogens is 1. The molecule has 0 radical (unpaired) electrons. The van der Waals surface area contributed by atoms with Crippen LogP contribution < -0.4 is 5.32 Å². The van der Waals surface area contributed by atoms with Crippen LogP contribution in [0.15, 0.2) is 6.20 Å². The molecule has 1 aliphatic rings. The van der Waals surface area contributed by atoms with Crippen molar-refractivity contribution in [3.63, 3.8) is 0 Å². The van der Waals surface area contributed by atoms with Crippen LogP contribution in [-0.2, 0) is 11.3 Å². The largest absolute Gasteiger partial charge is 0.381 e. The van der Waals surface area contributed by atoms with Gasteiger partial charge in [0.1, 0.15) is 5.82 Å². The van der Waals surface area contributed by atoms with E-state index in [1.54, 1.807) is 0 Å². The third-order valence-corrected chi connectivity index (χ3v) is 2.84. The Hall–Kier alpha value is -0.870. The molecule has 0 bridgehead atoms. The quantitative estimate of drug-likeness (QED) is 0.784. The second kappa shape index (κ2) is 5.28. The van der Waals surface area contributed by atoms with Gasteiger partial charge in [0.15, 0.2) is 0 Å². The molecule has 1 fully saturated rings. The lowest BCUT2D eigenvalue weighted by atomic mass is 10.0. The first-order valence-corrected chi connectivity index (χ1v) is 5.63. The molecule has 4 heteroatoms. The molecule has 4 nitrogen and oxygen atoms in total. The molecule has 0 atom stereocenters. The number of aromatic amines is 1. The molecule has 0 amide bonds. The Balaban J connectivity index is 1.65. The first-order chi connectivity index (χ1) is 7.34. The van der Waals surface area contributed by atoms with Gasteiger partial charge in [-0.1, -0.05) is 0 Å². The lowest BCUT2D eigenvalue weighted by Crippen LogP contribution is -2.27. The molecule has 0 saturated carbocycles. The summed E-state index contributed by atoms with van der Waals surface area (Å²) in [4.78, 5) is 7.38. The first-order valence-electron chi connectivity index (χ1n) is 5.63. The number of ether oxygens (including phenoxy) is 1. The van der Waals surface area contributed by atoms with Gasteiger partial charge in [-0.15, -0.1) is 0 Å². The van der Waals surface area contributed by atoms with Crippen molar-refractivity contribution in [2.24, 2.45) is 5.92 Å². The van der Waals surface area contributed by atoms with Crippen LogP contribution in [0, 0.1) is 12.8 Å². The molecule has 84 valence electrons. The van der Waals surface area contributed by atoms with Gasteiger partial charge in [-0.25, -0.2) is 4.98 Å². The highest BCUT2D eigenvalue weighted by Gasteiger charge is 2.12. The maximum absolute atomic E-state index is 5.32. The number of nitrogens with one attached hydrogen (secondary N) is 2. The average Bonchev–Trinajstić information content (AvgIpc) is 2.66. The van der Waals surface area contributed by atoms with Gasteiger partial charge < -0.3 is 15.0 Å². The van der Waals surface area contributed by atoms with Gasteiger partial charge in [0.05, 0.1) is 0 Å². The molecule has 1 aliphatic heterocycles. The number of rotatable bonds is 4. The van der Waals surface area contributed by atoms with Gasteiger partial charge in [0.2, 0.25) is 0 Å². The van der Waals surface area contributed by atoms with Crippen LogP contribution in [0.4, 0.5) is 0 Å². The van der Waals surface area contributed by atoms with E-state index in [2.05, 4.69) is 15.3 Å². The Labute approximate surface area is 90.4 Å². The number of hydrogen-bond acceptors (Lipinski definition) is 3. The van der Waals surface area contributed by atoms with Gasteiger partial charge in [-0.3, -0.25) is 0 Å². The molecular weight excluding hydrogens is 190 g/mol. The molecule has 0 unspecified atom stereocenters. The molecule has 1 aromatic heterocycles. The lowest BCUT2D eigenvalue weighted by Gasteiger charge is -2.22. The maximum Gasteiger partial charge on any atom is 0.103 e. The first kappa shape index (κ1) is 10.6. The molecule has 0 aromatic carbocycles. The minimum atomic E-state index is 0.780. The molecule has 2 N–H and O–H groups in total. The van der Waals surface area contributed by atoms with Crippen molar-refractivity contribution in [2.75, 3.05) is 19.8 Å². The highest BCUT2D eigenvalue weighted by Crippen LogP contribution is 2.13. The maximum atomic E-state index is 5.32. The van der Waals surface area contributed by atoms with Crippen LogP contribution >= 0.6 is 0 Å². The van der Waals surface area contributed by atoms with Crippen LogP contribution in [0.25, 0.3) is 0 Å². The van der Waals surface area contributed by atoms with Crippen molar-refractivity contribution in [3.8, 4) is 0 Å². The fraction of sp³-hybridized carbons (Fsp3) is 0.727. The van der Waals surface area contributed by atoms with Crippen LogP contribution in [0.1, 0.15) is 24.4 Å². The van der Waals surface area contributed by atoms with Crippen LogP contribution in [-0.4, -0.2) is 29.7 Å². The average molecular weight is 209 g/mol. The van der Waals surface area contributed by atoms with Gasteiger partial charge in [-0.05, 0) is 32.2 Å². The summed E-state index contributed by atoms with van der Waals surface area (Å²) in [7, 11) is 0. The Bertz CT molecular complexity index is 292. The Morgan fingerprint density at radius 1 is 1.53 bits per heavy atom. The van der Waals surface area contributed by atoms with Crippen LogP contribution in [0.3, 0.4) is 0 Å².